The zero-order chi connectivity index (χ0) is 20.5. The number of thiazole rings is 1. The lowest BCUT2D eigenvalue weighted by Crippen LogP contribution is -2.22. The Morgan fingerprint density at radius 3 is 2.32 bits per heavy atom. The molecule has 0 spiro atoms. The molecule has 0 saturated carbocycles. The second-order valence-corrected chi connectivity index (χ2v) is 9.61. The van der Waals surface area contributed by atoms with Gasteiger partial charge in [-0.1, -0.05) is 12.1 Å². The van der Waals surface area contributed by atoms with Gasteiger partial charge in [-0.05, 0) is 55.3 Å². The Labute approximate surface area is 168 Å². The van der Waals surface area contributed by atoms with Crippen molar-refractivity contribution < 1.29 is 13.2 Å². The molecule has 0 aliphatic carbocycles. The van der Waals surface area contributed by atoms with Crippen LogP contribution in [0.15, 0.2) is 52.7 Å². The normalized spacial score (nSPS) is 11.6. The fraction of sp³-hybridized carbons (Fsp3) is 0.200. The van der Waals surface area contributed by atoms with E-state index in [0.29, 0.717) is 10.7 Å². The number of hydrogen-bond acceptors (Lipinski definition) is 5. The van der Waals surface area contributed by atoms with Gasteiger partial charge in [0.2, 0.25) is 10.0 Å². The lowest BCUT2D eigenvalue weighted by atomic mass is 10.1. The summed E-state index contributed by atoms with van der Waals surface area (Å²) in [7, 11) is -0.593. The van der Waals surface area contributed by atoms with Crippen molar-refractivity contribution in [2.75, 3.05) is 19.4 Å². The maximum Gasteiger partial charge on any atom is 0.257 e. The molecule has 0 bridgehead atoms. The molecular formula is C20H21N3O3S2. The molecule has 0 unspecified atom stereocenters. The van der Waals surface area contributed by atoms with Crippen molar-refractivity contribution in [3.8, 4) is 11.3 Å². The number of aromatic nitrogens is 1. The number of aryl methyl sites for hydroxylation is 2. The number of sulfonamides is 1. The van der Waals surface area contributed by atoms with E-state index in [0.717, 1.165) is 15.6 Å². The number of amides is 1. The van der Waals surface area contributed by atoms with Crippen LogP contribution >= 0.6 is 11.3 Å². The molecule has 28 heavy (non-hydrogen) atoms. The SMILES string of the molecule is Cc1ccc(-c2csc(NC(=O)c3ccc(S(=O)(=O)N(C)C)cc3)n2)cc1C. The van der Waals surface area contributed by atoms with Gasteiger partial charge in [0.05, 0.1) is 10.6 Å². The van der Waals surface area contributed by atoms with E-state index in [1.807, 2.05) is 24.4 Å². The maximum absolute atomic E-state index is 12.4. The van der Waals surface area contributed by atoms with Crippen LogP contribution in [0.4, 0.5) is 5.13 Å². The highest BCUT2D eigenvalue weighted by molar-refractivity contribution is 7.89. The maximum atomic E-state index is 12.4. The minimum absolute atomic E-state index is 0.139. The van der Waals surface area contributed by atoms with Crippen molar-refractivity contribution in [1.82, 2.24) is 9.29 Å². The molecule has 3 rings (SSSR count). The van der Waals surface area contributed by atoms with Crippen LogP contribution in [0.25, 0.3) is 11.3 Å². The molecule has 1 N–H and O–H groups in total. The minimum atomic E-state index is -3.52. The third-order valence-corrected chi connectivity index (χ3v) is 7.01. The number of benzene rings is 2. The summed E-state index contributed by atoms with van der Waals surface area (Å²) in [4.78, 5) is 17.1. The quantitative estimate of drug-likeness (QED) is 0.685. The lowest BCUT2D eigenvalue weighted by molar-refractivity contribution is 0.102. The second-order valence-electron chi connectivity index (χ2n) is 6.60. The first kappa shape index (κ1) is 20.2. The fourth-order valence-electron chi connectivity index (χ4n) is 2.52. The van der Waals surface area contributed by atoms with Gasteiger partial charge in [0.25, 0.3) is 5.91 Å². The average Bonchev–Trinajstić information content (AvgIpc) is 3.12. The molecule has 8 heteroatoms. The van der Waals surface area contributed by atoms with E-state index in [9.17, 15) is 13.2 Å². The van der Waals surface area contributed by atoms with E-state index in [1.54, 1.807) is 0 Å². The summed E-state index contributed by atoms with van der Waals surface area (Å²) < 4.78 is 25.3. The summed E-state index contributed by atoms with van der Waals surface area (Å²) in [6.45, 7) is 4.11. The highest BCUT2D eigenvalue weighted by atomic mass is 32.2. The van der Waals surface area contributed by atoms with Crippen LogP contribution in [0.5, 0.6) is 0 Å². The number of hydrogen-bond donors (Lipinski definition) is 1. The van der Waals surface area contributed by atoms with Crippen molar-refractivity contribution in [3.63, 3.8) is 0 Å². The van der Waals surface area contributed by atoms with E-state index in [-0.39, 0.29) is 10.8 Å². The third kappa shape index (κ3) is 4.14. The van der Waals surface area contributed by atoms with Crippen LogP contribution in [-0.4, -0.2) is 37.7 Å². The monoisotopic (exact) mass is 415 g/mol. The van der Waals surface area contributed by atoms with Crippen molar-refractivity contribution in [3.05, 3.63) is 64.5 Å². The molecule has 1 heterocycles. The Bertz CT molecular complexity index is 1120. The highest BCUT2D eigenvalue weighted by Gasteiger charge is 2.18. The van der Waals surface area contributed by atoms with E-state index in [1.165, 1.54) is 60.8 Å². The summed E-state index contributed by atoms with van der Waals surface area (Å²) in [5, 5.41) is 5.15. The van der Waals surface area contributed by atoms with Gasteiger partial charge in [0, 0.05) is 30.6 Å². The predicted molar refractivity (Wildman–Crippen MR) is 112 cm³/mol. The van der Waals surface area contributed by atoms with Crippen molar-refractivity contribution in [2.24, 2.45) is 0 Å². The average molecular weight is 416 g/mol. The Morgan fingerprint density at radius 2 is 1.71 bits per heavy atom. The van der Waals surface area contributed by atoms with Crippen molar-refractivity contribution >= 4 is 32.4 Å². The fourth-order valence-corrected chi connectivity index (χ4v) is 4.14. The Morgan fingerprint density at radius 1 is 1.04 bits per heavy atom. The molecule has 6 nitrogen and oxygen atoms in total. The first-order valence-electron chi connectivity index (χ1n) is 8.55. The smallest absolute Gasteiger partial charge is 0.257 e. The van der Waals surface area contributed by atoms with E-state index in [4.69, 9.17) is 0 Å². The summed E-state index contributed by atoms with van der Waals surface area (Å²) >= 11 is 1.34. The van der Waals surface area contributed by atoms with Gasteiger partial charge >= 0.3 is 0 Å². The molecule has 2 aromatic carbocycles. The van der Waals surface area contributed by atoms with Crippen LogP contribution < -0.4 is 5.32 Å². The largest absolute Gasteiger partial charge is 0.298 e. The molecule has 1 amide bonds. The van der Waals surface area contributed by atoms with Gasteiger partial charge in [-0.25, -0.2) is 17.7 Å². The zero-order valence-electron chi connectivity index (χ0n) is 16.1. The first-order valence-corrected chi connectivity index (χ1v) is 10.9. The van der Waals surface area contributed by atoms with E-state index in [2.05, 4.69) is 23.3 Å². The number of anilines is 1. The van der Waals surface area contributed by atoms with Crippen LogP contribution in [0.2, 0.25) is 0 Å². The van der Waals surface area contributed by atoms with Crippen LogP contribution in [-0.2, 0) is 10.0 Å². The molecule has 0 fully saturated rings. The van der Waals surface area contributed by atoms with Gasteiger partial charge in [-0.2, -0.15) is 0 Å². The predicted octanol–water partition coefficient (Wildman–Crippen LogP) is 3.93. The molecular weight excluding hydrogens is 394 g/mol. The zero-order valence-corrected chi connectivity index (χ0v) is 17.7. The number of rotatable bonds is 5. The second kappa shape index (κ2) is 7.83. The molecule has 0 radical (unpaired) electrons. The first-order chi connectivity index (χ1) is 13.2. The molecule has 0 aliphatic rings. The van der Waals surface area contributed by atoms with Crippen molar-refractivity contribution in [2.45, 2.75) is 18.7 Å². The standard InChI is InChI=1S/C20H21N3O3S2/c1-13-5-6-16(11-14(13)2)18-12-27-20(21-18)22-19(24)15-7-9-17(10-8-15)28(25,26)23(3)4/h5-12H,1-4H3,(H,21,22,24). The molecule has 0 saturated heterocycles. The van der Waals surface area contributed by atoms with Crippen LogP contribution in [0.1, 0.15) is 21.5 Å². The van der Waals surface area contributed by atoms with Gasteiger partial charge in [-0.3, -0.25) is 10.1 Å². The molecule has 3 aromatic rings. The topological polar surface area (TPSA) is 79.4 Å². The van der Waals surface area contributed by atoms with E-state index < -0.39 is 10.0 Å². The van der Waals surface area contributed by atoms with Gasteiger partial charge in [0.1, 0.15) is 0 Å². The summed E-state index contributed by atoms with van der Waals surface area (Å²) in [5.74, 6) is -0.338. The number of carbonyl (C=O) groups excluding carboxylic acids is 1. The highest BCUT2D eigenvalue weighted by Crippen LogP contribution is 2.27. The summed E-state index contributed by atoms with van der Waals surface area (Å²) in [5.41, 5.74) is 4.56. The molecule has 146 valence electrons. The Balaban J connectivity index is 1.75. The lowest BCUT2D eigenvalue weighted by Gasteiger charge is -2.11. The number of carbonyl (C=O) groups is 1. The summed E-state index contributed by atoms with van der Waals surface area (Å²) in [6, 6.07) is 11.9. The van der Waals surface area contributed by atoms with Gasteiger partial charge in [-0.15, -0.1) is 11.3 Å². The van der Waals surface area contributed by atoms with Crippen molar-refractivity contribution in [1.29, 1.82) is 0 Å². The van der Waals surface area contributed by atoms with E-state index >= 15 is 0 Å². The third-order valence-electron chi connectivity index (χ3n) is 4.42. The Hall–Kier alpha value is -2.55. The van der Waals surface area contributed by atoms with Gasteiger partial charge < -0.3 is 0 Å². The number of nitrogens with one attached hydrogen (secondary N) is 1. The Kier molecular flexibility index (Phi) is 5.64. The molecule has 1 aromatic heterocycles. The van der Waals surface area contributed by atoms with Crippen LogP contribution in [0, 0.1) is 13.8 Å². The summed E-state index contributed by atoms with van der Waals surface area (Å²) in [6.07, 6.45) is 0. The molecule has 0 atom stereocenters. The number of nitrogens with zero attached hydrogens (tertiary/aromatic N) is 2. The minimum Gasteiger partial charge on any atom is -0.298 e. The van der Waals surface area contributed by atoms with Gasteiger partial charge in [0.15, 0.2) is 5.13 Å². The molecule has 0 aliphatic heterocycles. The van der Waals surface area contributed by atoms with Crippen LogP contribution in [0.3, 0.4) is 0 Å².